The molecule has 2 N–H and O–H groups in total. The number of nitrogens with one attached hydrogen (secondary N) is 2. The molecule has 27 heavy (non-hydrogen) atoms. The summed E-state index contributed by atoms with van der Waals surface area (Å²) < 4.78 is 15.6. The summed E-state index contributed by atoms with van der Waals surface area (Å²) in [4.78, 5) is 24.4. The van der Waals surface area contributed by atoms with Gasteiger partial charge in [0, 0.05) is 36.9 Å². The molecule has 2 aromatic carbocycles. The summed E-state index contributed by atoms with van der Waals surface area (Å²) in [6.07, 6.45) is 2.90. The molecule has 5 nitrogen and oxygen atoms in total. The van der Waals surface area contributed by atoms with E-state index in [-0.39, 0.29) is 18.2 Å². The van der Waals surface area contributed by atoms with Crippen LogP contribution in [0.1, 0.15) is 24.3 Å². The summed E-state index contributed by atoms with van der Waals surface area (Å²) in [5, 5.41) is 6.73. The fourth-order valence-electron chi connectivity index (χ4n) is 3.59. The lowest BCUT2D eigenvalue weighted by Gasteiger charge is -2.24. The van der Waals surface area contributed by atoms with E-state index in [2.05, 4.69) is 33.4 Å². The Balaban J connectivity index is 1.37. The maximum absolute atomic E-state index is 13.4. The predicted octanol–water partition coefficient (Wildman–Crippen LogP) is 3.41. The molecule has 1 atom stereocenters. The number of nitrogens with zero attached hydrogens (tertiary/aromatic N) is 1. The number of para-hydroxylation sites is 1. The Morgan fingerprint density at radius 1 is 1.22 bits per heavy atom. The van der Waals surface area contributed by atoms with Crippen LogP contribution in [0.3, 0.4) is 0 Å². The first-order valence-electron chi connectivity index (χ1n) is 9.03. The molecule has 6 heteroatoms. The van der Waals surface area contributed by atoms with Gasteiger partial charge in [-0.2, -0.15) is 0 Å². The van der Waals surface area contributed by atoms with Gasteiger partial charge in [-0.15, -0.1) is 0 Å². The summed E-state index contributed by atoms with van der Waals surface area (Å²) in [7, 11) is 0. The summed E-state index contributed by atoms with van der Waals surface area (Å²) in [5.41, 5.74) is 2.21. The average molecular weight is 365 g/mol. The zero-order valence-corrected chi connectivity index (χ0v) is 14.7. The molecule has 2 heterocycles. The highest BCUT2D eigenvalue weighted by molar-refractivity contribution is 6.01. The van der Waals surface area contributed by atoms with Gasteiger partial charge in [0.05, 0.1) is 5.92 Å². The second kappa shape index (κ2) is 7.23. The van der Waals surface area contributed by atoms with E-state index in [1.807, 2.05) is 18.3 Å². The van der Waals surface area contributed by atoms with Gasteiger partial charge in [0.15, 0.2) is 0 Å². The molecule has 0 radical (unpaired) electrons. The first-order chi connectivity index (χ1) is 13.1. The molecule has 0 saturated carbocycles. The number of amides is 2. The largest absolute Gasteiger partial charge is 0.355 e. The number of rotatable bonds is 5. The lowest BCUT2D eigenvalue weighted by Crippen LogP contribution is -2.35. The van der Waals surface area contributed by atoms with Crippen molar-refractivity contribution in [2.24, 2.45) is 0 Å². The molecule has 0 unspecified atom stereocenters. The molecule has 2 amide bonds. The van der Waals surface area contributed by atoms with Crippen molar-refractivity contribution in [2.45, 2.75) is 25.3 Å². The zero-order valence-electron chi connectivity index (χ0n) is 14.7. The second-order valence-electron chi connectivity index (χ2n) is 6.75. The molecule has 3 aromatic rings. The lowest BCUT2D eigenvalue weighted by atomic mass is 9.89. The maximum Gasteiger partial charge on any atom is 0.228 e. The SMILES string of the molecule is O=C1C[C@@H](C(=O)NCCCn2ccc3ccccc32)c2ccc(F)cc2N1. The summed E-state index contributed by atoms with van der Waals surface area (Å²) in [5.74, 6) is -1.49. The minimum absolute atomic E-state index is 0.0761. The zero-order chi connectivity index (χ0) is 18.8. The number of benzene rings is 2. The third kappa shape index (κ3) is 3.56. The molecule has 138 valence electrons. The maximum atomic E-state index is 13.4. The number of aromatic nitrogens is 1. The number of hydrogen-bond donors (Lipinski definition) is 2. The Morgan fingerprint density at radius 2 is 2.07 bits per heavy atom. The highest BCUT2D eigenvalue weighted by Gasteiger charge is 2.30. The van der Waals surface area contributed by atoms with Gasteiger partial charge in [0.25, 0.3) is 0 Å². The number of aryl methyl sites for hydroxylation is 1. The summed E-state index contributed by atoms with van der Waals surface area (Å²) >= 11 is 0. The van der Waals surface area contributed by atoms with Gasteiger partial charge in [0.1, 0.15) is 5.82 Å². The van der Waals surface area contributed by atoms with Crippen LogP contribution >= 0.6 is 0 Å². The van der Waals surface area contributed by atoms with Crippen LogP contribution in [0.15, 0.2) is 54.7 Å². The Hall–Kier alpha value is -3.15. The lowest BCUT2D eigenvalue weighted by molar-refractivity contribution is -0.126. The Bertz CT molecular complexity index is 1010. The molecular weight excluding hydrogens is 345 g/mol. The van der Waals surface area contributed by atoms with Crippen LogP contribution in [0.4, 0.5) is 10.1 Å². The first-order valence-corrected chi connectivity index (χ1v) is 9.03. The first kappa shape index (κ1) is 17.3. The second-order valence-corrected chi connectivity index (χ2v) is 6.75. The molecule has 4 rings (SSSR count). The van der Waals surface area contributed by atoms with Gasteiger partial charge in [-0.1, -0.05) is 24.3 Å². The number of anilines is 1. The van der Waals surface area contributed by atoms with Crippen LogP contribution in [0, 0.1) is 5.82 Å². The van der Waals surface area contributed by atoms with E-state index in [1.54, 1.807) is 6.07 Å². The van der Waals surface area contributed by atoms with Gasteiger partial charge >= 0.3 is 0 Å². The van der Waals surface area contributed by atoms with Gasteiger partial charge in [0.2, 0.25) is 11.8 Å². The van der Waals surface area contributed by atoms with E-state index in [4.69, 9.17) is 0 Å². The number of halogens is 1. The highest BCUT2D eigenvalue weighted by atomic mass is 19.1. The Kier molecular flexibility index (Phi) is 4.62. The van der Waals surface area contributed by atoms with E-state index in [0.717, 1.165) is 13.0 Å². The van der Waals surface area contributed by atoms with Gasteiger partial charge in [-0.05, 0) is 41.6 Å². The molecule has 1 aliphatic rings. The molecule has 0 saturated heterocycles. The minimum atomic E-state index is -0.582. The van der Waals surface area contributed by atoms with Crippen LogP contribution in [-0.2, 0) is 16.1 Å². The fraction of sp³-hybridized carbons (Fsp3) is 0.238. The Morgan fingerprint density at radius 3 is 2.96 bits per heavy atom. The van der Waals surface area contributed by atoms with Gasteiger partial charge in [-0.25, -0.2) is 4.39 Å². The fourth-order valence-corrected chi connectivity index (χ4v) is 3.59. The normalized spacial score (nSPS) is 16.0. The monoisotopic (exact) mass is 365 g/mol. The predicted molar refractivity (Wildman–Crippen MR) is 102 cm³/mol. The van der Waals surface area contributed by atoms with E-state index in [1.165, 1.54) is 23.0 Å². The minimum Gasteiger partial charge on any atom is -0.355 e. The van der Waals surface area contributed by atoms with E-state index in [0.29, 0.717) is 17.8 Å². The quantitative estimate of drug-likeness (QED) is 0.681. The summed E-state index contributed by atoms with van der Waals surface area (Å²) in [6.45, 7) is 1.31. The van der Waals surface area contributed by atoms with Crippen molar-refractivity contribution in [2.75, 3.05) is 11.9 Å². The number of hydrogen-bond acceptors (Lipinski definition) is 2. The molecular formula is C21H20FN3O2. The van der Waals surface area contributed by atoms with Crippen molar-refractivity contribution in [3.8, 4) is 0 Å². The molecule has 0 spiro atoms. The third-order valence-electron chi connectivity index (χ3n) is 4.93. The standard InChI is InChI=1S/C21H20FN3O2/c22-15-6-7-16-17(13-20(26)24-18(16)12-15)21(27)23-9-3-10-25-11-8-14-4-1-2-5-19(14)25/h1-2,4-8,11-12,17H,3,9-10,13H2,(H,23,27)(H,24,26)/t17-/m1/s1. The molecule has 0 fully saturated rings. The van der Waals surface area contributed by atoms with Crippen molar-refractivity contribution in [3.63, 3.8) is 0 Å². The topological polar surface area (TPSA) is 63.1 Å². The Labute approximate surface area is 156 Å². The van der Waals surface area contributed by atoms with Crippen LogP contribution in [0.5, 0.6) is 0 Å². The van der Waals surface area contributed by atoms with Crippen molar-refractivity contribution >= 4 is 28.4 Å². The van der Waals surface area contributed by atoms with Gasteiger partial charge in [-0.3, -0.25) is 9.59 Å². The van der Waals surface area contributed by atoms with Crippen molar-refractivity contribution in [3.05, 3.63) is 66.1 Å². The van der Waals surface area contributed by atoms with Gasteiger partial charge < -0.3 is 15.2 Å². The molecule has 1 aromatic heterocycles. The van der Waals surface area contributed by atoms with Crippen LogP contribution in [0.25, 0.3) is 10.9 Å². The number of carbonyl (C=O) groups excluding carboxylic acids is 2. The summed E-state index contributed by atoms with van der Waals surface area (Å²) in [6, 6.07) is 14.4. The number of fused-ring (bicyclic) bond motifs is 2. The van der Waals surface area contributed by atoms with Crippen LogP contribution in [0.2, 0.25) is 0 Å². The third-order valence-corrected chi connectivity index (χ3v) is 4.93. The molecule has 1 aliphatic heterocycles. The van der Waals surface area contributed by atoms with E-state index in [9.17, 15) is 14.0 Å². The average Bonchev–Trinajstić information content (AvgIpc) is 3.07. The number of carbonyl (C=O) groups is 2. The molecule has 0 bridgehead atoms. The smallest absolute Gasteiger partial charge is 0.228 e. The molecule has 0 aliphatic carbocycles. The van der Waals surface area contributed by atoms with Crippen LogP contribution < -0.4 is 10.6 Å². The van der Waals surface area contributed by atoms with E-state index >= 15 is 0 Å². The van der Waals surface area contributed by atoms with Crippen molar-refractivity contribution in [1.82, 2.24) is 9.88 Å². The van der Waals surface area contributed by atoms with Crippen LogP contribution in [-0.4, -0.2) is 22.9 Å². The highest BCUT2D eigenvalue weighted by Crippen LogP contribution is 2.32. The van der Waals surface area contributed by atoms with Crippen molar-refractivity contribution < 1.29 is 14.0 Å². The van der Waals surface area contributed by atoms with Crippen molar-refractivity contribution in [1.29, 1.82) is 0 Å². The van der Waals surface area contributed by atoms with E-state index < -0.39 is 11.7 Å².